The number of rotatable bonds is 2. The van der Waals surface area contributed by atoms with Gasteiger partial charge in [-0.05, 0) is 36.6 Å². The van der Waals surface area contributed by atoms with Crippen molar-refractivity contribution in [2.45, 2.75) is 26.2 Å². The lowest BCUT2D eigenvalue weighted by Gasteiger charge is -2.08. The Morgan fingerprint density at radius 1 is 1.38 bits per heavy atom. The van der Waals surface area contributed by atoms with Crippen molar-refractivity contribution < 1.29 is 9.59 Å². The second-order valence-corrected chi connectivity index (χ2v) is 4.99. The molecule has 0 saturated heterocycles. The molecule has 1 aliphatic heterocycles. The van der Waals surface area contributed by atoms with Crippen molar-refractivity contribution in [3.63, 3.8) is 0 Å². The highest BCUT2D eigenvalue weighted by Gasteiger charge is 2.45. The maximum atomic E-state index is 12.1. The summed E-state index contributed by atoms with van der Waals surface area (Å²) in [7, 11) is 0. The van der Waals surface area contributed by atoms with Crippen LogP contribution in [0.2, 0.25) is 0 Å². The molecule has 1 saturated carbocycles. The Bertz CT molecular complexity index is 501. The van der Waals surface area contributed by atoms with Gasteiger partial charge in [-0.15, -0.1) is 0 Å². The van der Waals surface area contributed by atoms with Gasteiger partial charge in [-0.2, -0.15) is 0 Å². The zero-order valence-corrected chi connectivity index (χ0v) is 9.17. The van der Waals surface area contributed by atoms with Gasteiger partial charge < -0.3 is 5.32 Å². The molecule has 0 spiro atoms. The topological polar surface area (TPSA) is 46.2 Å². The third kappa shape index (κ3) is 1.35. The lowest BCUT2D eigenvalue weighted by atomic mass is 9.95. The van der Waals surface area contributed by atoms with Gasteiger partial charge in [-0.25, -0.2) is 0 Å². The van der Waals surface area contributed by atoms with Crippen molar-refractivity contribution in [3.05, 3.63) is 29.3 Å². The number of anilines is 1. The van der Waals surface area contributed by atoms with E-state index in [2.05, 4.69) is 5.32 Å². The Labute approximate surface area is 93.8 Å². The van der Waals surface area contributed by atoms with Crippen LogP contribution in [0.4, 0.5) is 5.69 Å². The second-order valence-electron chi connectivity index (χ2n) is 4.99. The van der Waals surface area contributed by atoms with E-state index in [-0.39, 0.29) is 17.1 Å². The van der Waals surface area contributed by atoms with Crippen molar-refractivity contribution in [2.75, 3.05) is 5.32 Å². The standard InChI is InChI=1S/C13H13NO2/c1-13(4-5-13)12(16)8-2-3-10-9(6-8)7-11(15)14-10/h2-3,6H,4-5,7H2,1H3,(H,14,15). The third-order valence-corrected chi connectivity index (χ3v) is 3.54. The summed E-state index contributed by atoms with van der Waals surface area (Å²) in [5.41, 5.74) is 2.41. The molecule has 1 aromatic rings. The number of nitrogens with one attached hydrogen (secondary N) is 1. The molecule has 0 aromatic heterocycles. The number of hydrogen-bond donors (Lipinski definition) is 1. The van der Waals surface area contributed by atoms with Crippen molar-refractivity contribution in [3.8, 4) is 0 Å². The molecule has 0 unspecified atom stereocenters. The van der Waals surface area contributed by atoms with Gasteiger partial charge in [0, 0.05) is 16.7 Å². The van der Waals surface area contributed by atoms with E-state index in [1.54, 1.807) is 0 Å². The van der Waals surface area contributed by atoms with Crippen LogP contribution in [0, 0.1) is 5.41 Å². The van der Waals surface area contributed by atoms with E-state index in [0.29, 0.717) is 6.42 Å². The van der Waals surface area contributed by atoms with Gasteiger partial charge in [0.05, 0.1) is 6.42 Å². The molecular formula is C13H13NO2. The summed E-state index contributed by atoms with van der Waals surface area (Å²) < 4.78 is 0. The molecule has 1 aromatic carbocycles. The van der Waals surface area contributed by atoms with E-state index < -0.39 is 0 Å². The maximum Gasteiger partial charge on any atom is 0.228 e. The number of benzene rings is 1. The fourth-order valence-electron chi connectivity index (χ4n) is 2.13. The highest BCUT2D eigenvalue weighted by Crippen LogP contribution is 2.47. The average Bonchev–Trinajstić information content (AvgIpc) is 2.89. The SMILES string of the molecule is CC1(C(=O)c2ccc3c(c2)CC(=O)N3)CC1. The number of ketones is 1. The van der Waals surface area contributed by atoms with E-state index in [1.165, 1.54) is 0 Å². The van der Waals surface area contributed by atoms with Gasteiger partial charge in [-0.3, -0.25) is 9.59 Å². The number of fused-ring (bicyclic) bond motifs is 1. The van der Waals surface area contributed by atoms with Crippen LogP contribution in [0.3, 0.4) is 0 Å². The molecule has 1 aliphatic carbocycles. The molecule has 0 bridgehead atoms. The van der Waals surface area contributed by atoms with Crippen LogP contribution in [0.5, 0.6) is 0 Å². The molecule has 1 heterocycles. The molecule has 0 radical (unpaired) electrons. The van der Waals surface area contributed by atoms with Crippen LogP contribution in [-0.2, 0) is 11.2 Å². The fourth-order valence-corrected chi connectivity index (χ4v) is 2.13. The summed E-state index contributed by atoms with van der Waals surface area (Å²) in [6.45, 7) is 2.01. The normalized spacial score (nSPS) is 20.2. The predicted octanol–water partition coefficient (Wildman–Crippen LogP) is 2.16. The molecule has 2 aliphatic rings. The van der Waals surface area contributed by atoms with Gasteiger partial charge in [0.1, 0.15) is 0 Å². The Hall–Kier alpha value is -1.64. The molecule has 3 heteroatoms. The van der Waals surface area contributed by atoms with Gasteiger partial charge in [-0.1, -0.05) is 6.92 Å². The lowest BCUT2D eigenvalue weighted by Crippen LogP contribution is -2.11. The van der Waals surface area contributed by atoms with Crippen LogP contribution in [0.25, 0.3) is 0 Å². The van der Waals surface area contributed by atoms with Crippen molar-refractivity contribution >= 4 is 17.4 Å². The highest BCUT2D eigenvalue weighted by molar-refractivity contribution is 6.04. The number of carbonyl (C=O) groups excluding carboxylic acids is 2. The molecule has 1 amide bonds. The lowest BCUT2D eigenvalue weighted by molar-refractivity contribution is -0.115. The Balaban J connectivity index is 1.96. The van der Waals surface area contributed by atoms with E-state index in [1.807, 2.05) is 25.1 Å². The summed E-state index contributed by atoms with van der Waals surface area (Å²) in [5, 5.41) is 2.77. The minimum absolute atomic E-state index is 0.0113. The molecular weight excluding hydrogens is 202 g/mol. The Kier molecular flexibility index (Phi) is 1.76. The Morgan fingerprint density at radius 2 is 2.12 bits per heavy atom. The summed E-state index contributed by atoms with van der Waals surface area (Å²) in [6.07, 6.45) is 2.37. The first-order valence-electron chi connectivity index (χ1n) is 5.56. The summed E-state index contributed by atoms with van der Waals surface area (Å²) in [6, 6.07) is 5.51. The van der Waals surface area contributed by atoms with Crippen LogP contribution in [0.1, 0.15) is 35.7 Å². The second kappa shape index (κ2) is 2.94. The molecule has 3 rings (SSSR count). The van der Waals surface area contributed by atoms with Crippen molar-refractivity contribution in [1.82, 2.24) is 0 Å². The van der Waals surface area contributed by atoms with Crippen molar-refractivity contribution in [2.24, 2.45) is 5.41 Å². The quantitative estimate of drug-likeness (QED) is 0.768. The number of hydrogen-bond acceptors (Lipinski definition) is 2. The molecule has 0 atom stereocenters. The maximum absolute atomic E-state index is 12.1. The predicted molar refractivity (Wildman–Crippen MR) is 60.4 cm³/mol. The molecule has 1 fully saturated rings. The Morgan fingerprint density at radius 3 is 2.81 bits per heavy atom. The third-order valence-electron chi connectivity index (χ3n) is 3.54. The molecule has 3 nitrogen and oxygen atoms in total. The monoisotopic (exact) mass is 215 g/mol. The molecule has 16 heavy (non-hydrogen) atoms. The first-order chi connectivity index (χ1) is 7.58. The van der Waals surface area contributed by atoms with Gasteiger partial charge in [0.25, 0.3) is 0 Å². The zero-order chi connectivity index (χ0) is 11.3. The first kappa shape index (κ1) is 9.58. The van der Waals surface area contributed by atoms with Gasteiger partial charge in [0.15, 0.2) is 5.78 Å². The van der Waals surface area contributed by atoms with Crippen LogP contribution in [-0.4, -0.2) is 11.7 Å². The van der Waals surface area contributed by atoms with E-state index in [4.69, 9.17) is 0 Å². The summed E-state index contributed by atoms with van der Waals surface area (Å²) >= 11 is 0. The van der Waals surface area contributed by atoms with Crippen LogP contribution >= 0.6 is 0 Å². The van der Waals surface area contributed by atoms with E-state index in [0.717, 1.165) is 29.7 Å². The number of Topliss-reactive ketones (excluding diaryl/α,β-unsaturated/α-hetero) is 1. The van der Waals surface area contributed by atoms with E-state index >= 15 is 0 Å². The zero-order valence-electron chi connectivity index (χ0n) is 9.17. The summed E-state index contributed by atoms with van der Waals surface area (Å²) in [5.74, 6) is 0.229. The van der Waals surface area contributed by atoms with Gasteiger partial charge >= 0.3 is 0 Å². The van der Waals surface area contributed by atoms with Crippen molar-refractivity contribution in [1.29, 1.82) is 0 Å². The van der Waals surface area contributed by atoms with Crippen LogP contribution < -0.4 is 5.32 Å². The first-order valence-corrected chi connectivity index (χ1v) is 5.56. The van der Waals surface area contributed by atoms with Gasteiger partial charge in [0.2, 0.25) is 5.91 Å². The highest BCUT2D eigenvalue weighted by atomic mass is 16.2. The average molecular weight is 215 g/mol. The fraction of sp³-hybridized carbons (Fsp3) is 0.385. The van der Waals surface area contributed by atoms with E-state index in [9.17, 15) is 9.59 Å². The minimum Gasteiger partial charge on any atom is -0.326 e. The van der Waals surface area contributed by atoms with Crippen LogP contribution in [0.15, 0.2) is 18.2 Å². The number of carbonyl (C=O) groups is 2. The minimum atomic E-state index is -0.135. The molecule has 82 valence electrons. The molecule has 1 N–H and O–H groups in total. The number of amides is 1. The largest absolute Gasteiger partial charge is 0.326 e. The smallest absolute Gasteiger partial charge is 0.228 e. The summed E-state index contributed by atoms with van der Waals surface area (Å²) in [4.78, 5) is 23.3.